The summed E-state index contributed by atoms with van der Waals surface area (Å²) in [6, 6.07) is 0. The molecule has 1 saturated carbocycles. The molecule has 1 aromatic rings. The molecule has 1 aliphatic carbocycles. The van der Waals surface area contributed by atoms with Gasteiger partial charge in [0, 0.05) is 18.9 Å². The minimum Gasteiger partial charge on any atom is -0.334 e. The van der Waals surface area contributed by atoms with Gasteiger partial charge in [-0.15, -0.1) is 0 Å². The van der Waals surface area contributed by atoms with E-state index in [1.807, 2.05) is 6.20 Å². The minimum atomic E-state index is 0.912. The van der Waals surface area contributed by atoms with Crippen molar-refractivity contribution >= 4 is 0 Å². The molecule has 0 spiro atoms. The van der Waals surface area contributed by atoms with Crippen molar-refractivity contribution in [2.75, 3.05) is 6.54 Å². The van der Waals surface area contributed by atoms with Crippen LogP contribution in [0.1, 0.15) is 44.9 Å². The number of nitrogens with one attached hydrogen (secondary N) is 1. The Bertz CT molecular complexity index is 300. The van der Waals surface area contributed by atoms with Crippen molar-refractivity contribution in [3.8, 4) is 0 Å². The lowest BCUT2D eigenvalue weighted by molar-refractivity contribution is 0.476. The molecule has 1 aliphatic rings. The zero-order chi connectivity index (χ0) is 11.2. The van der Waals surface area contributed by atoms with E-state index in [1.54, 1.807) is 0 Å². The summed E-state index contributed by atoms with van der Waals surface area (Å²) in [6.45, 7) is 5.37. The fourth-order valence-electron chi connectivity index (χ4n) is 2.55. The van der Waals surface area contributed by atoms with Crippen LogP contribution >= 0.6 is 0 Å². The van der Waals surface area contributed by atoms with Crippen molar-refractivity contribution in [3.63, 3.8) is 0 Å². The molecule has 2 rings (SSSR count). The molecule has 0 unspecified atom stereocenters. The average molecular weight is 221 g/mol. The van der Waals surface area contributed by atoms with Gasteiger partial charge in [-0.25, -0.2) is 4.98 Å². The first-order chi connectivity index (χ1) is 7.90. The van der Waals surface area contributed by atoms with E-state index in [4.69, 9.17) is 0 Å². The normalized spacial score (nSPS) is 17.1. The van der Waals surface area contributed by atoms with Crippen molar-refractivity contribution in [1.82, 2.24) is 14.9 Å². The van der Waals surface area contributed by atoms with Crippen LogP contribution in [0.4, 0.5) is 0 Å². The first-order valence-corrected chi connectivity index (χ1v) is 6.61. The molecule has 0 atom stereocenters. The molecule has 16 heavy (non-hydrogen) atoms. The lowest BCUT2D eigenvalue weighted by atomic mass is 10.1. The number of imidazole rings is 1. The molecule has 0 amide bonds. The van der Waals surface area contributed by atoms with E-state index in [9.17, 15) is 0 Å². The molecule has 1 heterocycles. The van der Waals surface area contributed by atoms with Crippen LogP contribution in [0.25, 0.3) is 0 Å². The van der Waals surface area contributed by atoms with Crippen LogP contribution in [0, 0.1) is 5.92 Å². The van der Waals surface area contributed by atoms with E-state index in [2.05, 4.69) is 28.0 Å². The van der Waals surface area contributed by atoms with Crippen LogP contribution in [-0.4, -0.2) is 16.1 Å². The third kappa shape index (κ3) is 3.08. The number of hydrogen-bond donors (Lipinski definition) is 1. The second kappa shape index (κ2) is 6.04. The van der Waals surface area contributed by atoms with Crippen molar-refractivity contribution < 1.29 is 0 Å². The number of rotatable bonds is 6. The van der Waals surface area contributed by atoms with E-state index in [0.717, 1.165) is 19.0 Å². The molecule has 3 nitrogen and oxygen atoms in total. The molecule has 0 radical (unpaired) electrons. The number of hydrogen-bond acceptors (Lipinski definition) is 2. The van der Waals surface area contributed by atoms with Gasteiger partial charge < -0.3 is 9.88 Å². The second-order valence-corrected chi connectivity index (χ2v) is 4.82. The maximum atomic E-state index is 4.40. The zero-order valence-corrected chi connectivity index (χ0v) is 10.3. The SMILES string of the molecule is CCCn1ccnc1CNCC1CCCC1. The van der Waals surface area contributed by atoms with Crippen LogP contribution in [0.5, 0.6) is 0 Å². The molecule has 1 N–H and O–H groups in total. The Labute approximate surface area is 98.3 Å². The molecule has 0 bridgehead atoms. The summed E-state index contributed by atoms with van der Waals surface area (Å²) in [7, 11) is 0. The molecular formula is C13H23N3. The Morgan fingerprint density at radius 3 is 3.00 bits per heavy atom. The Morgan fingerprint density at radius 2 is 2.25 bits per heavy atom. The van der Waals surface area contributed by atoms with Gasteiger partial charge >= 0.3 is 0 Å². The summed E-state index contributed by atoms with van der Waals surface area (Å²) >= 11 is 0. The Hall–Kier alpha value is -0.830. The standard InChI is InChI=1S/C13H23N3/c1-2-8-16-9-7-15-13(16)11-14-10-12-5-3-4-6-12/h7,9,12,14H,2-6,8,10-11H2,1H3. The maximum Gasteiger partial charge on any atom is 0.122 e. The van der Waals surface area contributed by atoms with E-state index in [1.165, 1.54) is 44.5 Å². The first kappa shape index (κ1) is 11.6. The summed E-state index contributed by atoms with van der Waals surface area (Å²) in [5.74, 6) is 2.09. The number of nitrogens with zero attached hydrogens (tertiary/aromatic N) is 2. The fourth-order valence-corrected chi connectivity index (χ4v) is 2.55. The van der Waals surface area contributed by atoms with Crippen molar-refractivity contribution in [2.24, 2.45) is 5.92 Å². The molecular weight excluding hydrogens is 198 g/mol. The highest BCUT2D eigenvalue weighted by Crippen LogP contribution is 2.23. The minimum absolute atomic E-state index is 0.912. The van der Waals surface area contributed by atoms with Gasteiger partial charge in [-0.1, -0.05) is 19.8 Å². The van der Waals surface area contributed by atoms with E-state index >= 15 is 0 Å². The lowest BCUT2D eigenvalue weighted by Crippen LogP contribution is -2.22. The Kier molecular flexibility index (Phi) is 4.40. The van der Waals surface area contributed by atoms with Gasteiger partial charge in [0.2, 0.25) is 0 Å². The van der Waals surface area contributed by atoms with Crippen LogP contribution in [0.2, 0.25) is 0 Å². The van der Waals surface area contributed by atoms with Gasteiger partial charge in [-0.2, -0.15) is 0 Å². The quantitative estimate of drug-likeness (QED) is 0.800. The van der Waals surface area contributed by atoms with E-state index in [-0.39, 0.29) is 0 Å². The van der Waals surface area contributed by atoms with Gasteiger partial charge in [0.05, 0.1) is 6.54 Å². The molecule has 3 heteroatoms. The molecule has 1 fully saturated rings. The highest BCUT2D eigenvalue weighted by molar-refractivity contribution is 4.91. The van der Waals surface area contributed by atoms with Gasteiger partial charge in [0.1, 0.15) is 5.82 Å². The van der Waals surface area contributed by atoms with Gasteiger partial charge in [0.15, 0.2) is 0 Å². The molecule has 0 aromatic carbocycles. The first-order valence-electron chi connectivity index (χ1n) is 6.61. The zero-order valence-electron chi connectivity index (χ0n) is 10.3. The summed E-state index contributed by atoms with van der Waals surface area (Å²) in [5.41, 5.74) is 0. The van der Waals surface area contributed by atoms with Crippen LogP contribution in [0.3, 0.4) is 0 Å². The summed E-state index contributed by atoms with van der Waals surface area (Å²) in [4.78, 5) is 4.40. The highest BCUT2D eigenvalue weighted by Gasteiger charge is 2.14. The summed E-state index contributed by atoms with van der Waals surface area (Å²) in [5, 5.41) is 3.55. The Morgan fingerprint density at radius 1 is 1.44 bits per heavy atom. The average Bonchev–Trinajstić information content (AvgIpc) is 2.91. The van der Waals surface area contributed by atoms with E-state index in [0.29, 0.717) is 0 Å². The van der Waals surface area contributed by atoms with E-state index < -0.39 is 0 Å². The van der Waals surface area contributed by atoms with Crippen molar-refractivity contribution in [2.45, 2.75) is 52.1 Å². The maximum absolute atomic E-state index is 4.40. The predicted octanol–water partition coefficient (Wildman–Crippen LogP) is 2.57. The number of aromatic nitrogens is 2. The van der Waals surface area contributed by atoms with Crippen molar-refractivity contribution in [1.29, 1.82) is 0 Å². The molecule has 1 aromatic heterocycles. The van der Waals surface area contributed by atoms with Crippen LogP contribution in [-0.2, 0) is 13.1 Å². The smallest absolute Gasteiger partial charge is 0.122 e. The van der Waals surface area contributed by atoms with Gasteiger partial charge in [-0.05, 0) is 31.7 Å². The third-order valence-electron chi connectivity index (χ3n) is 3.46. The van der Waals surface area contributed by atoms with Crippen LogP contribution in [0.15, 0.2) is 12.4 Å². The second-order valence-electron chi connectivity index (χ2n) is 4.82. The predicted molar refractivity (Wildman–Crippen MR) is 66.2 cm³/mol. The monoisotopic (exact) mass is 221 g/mol. The largest absolute Gasteiger partial charge is 0.334 e. The molecule has 90 valence electrons. The van der Waals surface area contributed by atoms with Crippen LogP contribution < -0.4 is 5.32 Å². The number of aryl methyl sites for hydroxylation is 1. The molecule has 0 saturated heterocycles. The summed E-state index contributed by atoms with van der Waals surface area (Å²) < 4.78 is 2.25. The third-order valence-corrected chi connectivity index (χ3v) is 3.46. The lowest BCUT2D eigenvalue weighted by Gasteiger charge is -2.11. The summed E-state index contributed by atoms with van der Waals surface area (Å²) in [6.07, 6.45) is 10.8. The topological polar surface area (TPSA) is 29.9 Å². The molecule has 0 aliphatic heterocycles. The highest BCUT2D eigenvalue weighted by atomic mass is 15.1. The Balaban J connectivity index is 1.73. The van der Waals surface area contributed by atoms with Gasteiger partial charge in [-0.3, -0.25) is 0 Å². The fraction of sp³-hybridized carbons (Fsp3) is 0.769. The van der Waals surface area contributed by atoms with Gasteiger partial charge in [0.25, 0.3) is 0 Å². The van der Waals surface area contributed by atoms with Crippen molar-refractivity contribution in [3.05, 3.63) is 18.2 Å².